The third kappa shape index (κ3) is 1.67. The lowest BCUT2D eigenvalue weighted by Gasteiger charge is -2.38. The number of hydrogen-bond acceptors (Lipinski definition) is 1. The zero-order valence-corrected chi connectivity index (χ0v) is 8.89. The van der Waals surface area contributed by atoms with Crippen molar-refractivity contribution in [1.29, 1.82) is 0 Å². The van der Waals surface area contributed by atoms with Crippen LogP contribution in [0.4, 0.5) is 0 Å². The third-order valence-corrected chi connectivity index (χ3v) is 3.90. The minimum atomic E-state index is 0.730. The molecular weight excluding hydrogens is 236 g/mol. The van der Waals surface area contributed by atoms with Crippen LogP contribution in [0.2, 0.25) is 12.6 Å². The average Bonchev–Trinajstić information content (AvgIpc) is 1.86. The highest BCUT2D eigenvalue weighted by Gasteiger charge is 2.34. The Morgan fingerprint density at radius 1 is 1.60 bits per heavy atom. The van der Waals surface area contributed by atoms with Crippen molar-refractivity contribution in [2.75, 3.05) is 11.5 Å². The van der Waals surface area contributed by atoms with Gasteiger partial charge in [-0.05, 0) is 18.8 Å². The maximum Gasteiger partial charge on any atom is 0.220 e. The van der Waals surface area contributed by atoms with E-state index in [1.807, 2.05) is 0 Å². The van der Waals surface area contributed by atoms with Gasteiger partial charge >= 0.3 is 0 Å². The van der Waals surface area contributed by atoms with Gasteiger partial charge in [-0.15, -0.1) is 0 Å². The Kier molecular flexibility index (Phi) is 3.50. The molecule has 1 unspecified atom stereocenters. The van der Waals surface area contributed by atoms with Crippen molar-refractivity contribution in [2.45, 2.75) is 25.5 Å². The maximum absolute atomic E-state index is 3.33. The molecule has 0 spiro atoms. The van der Waals surface area contributed by atoms with E-state index in [0.717, 1.165) is 18.6 Å². The molecular formula is C7H15BIN. The molecule has 0 aromatic heterocycles. The van der Waals surface area contributed by atoms with Crippen LogP contribution in [-0.4, -0.2) is 18.3 Å². The van der Waals surface area contributed by atoms with Crippen LogP contribution in [0, 0.1) is 5.92 Å². The Morgan fingerprint density at radius 3 is 2.60 bits per heavy atom. The average molecular weight is 251 g/mol. The van der Waals surface area contributed by atoms with E-state index in [-0.39, 0.29) is 0 Å². The minimum absolute atomic E-state index is 0.730. The van der Waals surface area contributed by atoms with Gasteiger partial charge in [0.05, 0.1) is 0 Å². The molecule has 2 atom stereocenters. The Balaban J connectivity index is 2.27. The lowest BCUT2D eigenvalue weighted by molar-refractivity contribution is 0.348. The number of rotatable bonds is 3. The Labute approximate surface area is 77.6 Å². The summed E-state index contributed by atoms with van der Waals surface area (Å²) in [4.78, 5) is 0. The molecule has 1 N–H and O–H groups in total. The van der Waals surface area contributed by atoms with Crippen LogP contribution < -0.4 is 5.23 Å². The molecule has 1 aliphatic carbocycles. The molecule has 10 heavy (non-hydrogen) atoms. The van der Waals surface area contributed by atoms with E-state index in [9.17, 15) is 0 Å². The lowest BCUT2D eigenvalue weighted by Crippen LogP contribution is -2.41. The van der Waals surface area contributed by atoms with Crippen LogP contribution in [0.15, 0.2) is 0 Å². The summed E-state index contributed by atoms with van der Waals surface area (Å²) in [5.74, 6) is 1.96. The largest absolute Gasteiger partial charge is 0.358 e. The normalized spacial score (nSPS) is 31.5. The second-order valence-electron chi connectivity index (χ2n) is 3.23. The van der Waals surface area contributed by atoms with E-state index in [1.165, 1.54) is 17.3 Å². The first-order chi connectivity index (χ1) is 4.79. The van der Waals surface area contributed by atoms with Crippen LogP contribution in [-0.2, 0) is 0 Å². The van der Waals surface area contributed by atoms with Crippen LogP contribution in [0.25, 0.3) is 0 Å². The van der Waals surface area contributed by atoms with E-state index < -0.39 is 0 Å². The quantitative estimate of drug-likeness (QED) is 0.459. The summed E-state index contributed by atoms with van der Waals surface area (Å²) in [6.07, 6.45) is 2.90. The molecule has 1 aliphatic rings. The molecule has 1 nitrogen and oxygen atoms in total. The predicted octanol–water partition coefficient (Wildman–Crippen LogP) is 2.04. The van der Waals surface area contributed by atoms with Gasteiger partial charge in [0.2, 0.25) is 6.85 Å². The summed E-state index contributed by atoms with van der Waals surface area (Å²) in [6.45, 7) is 3.02. The highest BCUT2D eigenvalue weighted by Crippen LogP contribution is 2.41. The summed E-state index contributed by atoms with van der Waals surface area (Å²) in [6, 6.07) is 0. The number of nitrogens with one attached hydrogen (secondary N) is 1. The van der Waals surface area contributed by atoms with Gasteiger partial charge in [-0.2, -0.15) is 0 Å². The van der Waals surface area contributed by atoms with Crippen LogP contribution in [0.1, 0.15) is 12.8 Å². The molecule has 1 fully saturated rings. The molecule has 0 aromatic rings. The van der Waals surface area contributed by atoms with E-state index in [2.05, 4.69) is 41.7 Å². The van der Waals surface area contributed by atoms with Crippen molar-refractivity contribution in [2.24, 2.45) is 5.92 Å². The van der Waals surface area contributed by atoms with Gasteiger partial charge in [0.1, 0.15) is 0 Å². The molecule has 0 bridgehead atoms. The highest BCUT2D eigenvalue weighted by molar-refractivity contribution is 14.1. The van der Waals surface area contributed by atoms with Crippen LogP contribution in [0.5, 0.6) is 0 Å². The first-order valence-electron chi connectivity index (χ1n) is 4.02. The van der Waals surface area contributed by atoms with Gasteiger partial charge in [-0.3, -0.25) is 0 Å². The number of hydrogen-bond donors (Lipinski definition) is 1. The molecule has 1 saturated carbocycles. The number of alkyl halides is 1. The lowest BCUT2D eigenvalue weighted by atomic mass is 9.43. The first-order valence-corrected chi connectivity index (χ1v) is 5.55. The van der Waals surface area contributed by atoms with Crippen molar-refractivity contribution in [3.8, 4) is 0 Å². The fraction of sp³-hybridized carbons (Fsp3) is 1.00. The van der Waals surface area contributed by atoms with E-state index >= 15 is 0 Å². The van der Waals surface area contributed by atoms with Crippen molar-refractivity contribution in [3.05, 3.63) is 0 Å². The topological polar surface area (TPSA) is 12.0 Å². The van der Waals surface area contributed by atoms with Crippen molar-refractivity contribution in [1.82, 2.24) is 5.23 Å². The summed E-state index contributed by atoms with van der Waals surface area (Å²) >= 11 is 2.50. The second-order valence-corrected chi connectivity index (χ2v) is 4.11. The van der Waals surface area contributed by atoms with Gasteiger partial charge in [-0.25, -0.2) is 0 Å². The highest BCUT2D eigenvalue weighted by atomic mass is 127. The zero-order chi connectivity index (χ0) is 7.56. The standard InChI is InChI=1S/C7H15BIN/c1-8(10-2)7-4-3-6(7)5-9/h6-7,10H,3-5H2,1-2H3/t6?,7-/m0/s1. The summed E-state index contributed by atoms with van der Waals surface area (Å²) in [7, 11) is 2.06. The smallest absolute Gasteiger partial charge is 0.220 e. The molecule has 0 heterocycles. The monoisotopic (exact) mass is 251 g/mol. The van der Waals surface area contributed by atoms with Crippen molar-refractivity contribution >= 4 is 29.4 Å². The minimum Gasteiger partial charge on any atom is -0.358 e. The summed E-state index contributed by atoms with van der Waals surface area (Å²) in [5.41, 5.74) is 0. The Hall–Kier alpha value is 0.755. The van der Waals surface area contributed by atoms with Crippen molar-refractivity contribution in [3.63, 3.8) is 0 Å². The van der Waals surface area contributed by atoms with Gasteiger partial charge in [0, 0.05) is 4.43 Å². The predicted molar refractivity (Wildman–Crippen MR) is 56.0 cm³/mol. The fourth-order valence-corrected chi connectivity index (χ4v) is 2.75. The molecule has 0 saturated heterocycles. The summed E-state index contributed by atoms with van der Waals surface area (Å²) < 4.78 is 1.34. The van der Waals surface area contributed by atoms with Crippen LogP contribution >= 0.6 is 22.6 Å². The maximum atomic E-state index is 3.33. The van der Waals surface area contributed by atoms with E-state index in [1.54, 1.807) is 0 Å². The third-order valence-electron chi connectivity index (χ3n) is 2.77. The van der Waals surface area contributed by atoms with Crippen molar-refractivity contribution < 1.29 is 0 Å². The first kappa shape index (κ1) is 8.85. The van der Waals surface area contributed by atoms with Gasteiger partial charge in [-0.1, -0.05) is 42.3 Å². The van der Waals surface area contributed by atoms with Crippen LogP contribution in [0.3, 0.4) is 0 Å². The molecule has 0 aliphatic heterocycles. The SMILES string of the molecule is CNB(C)[C@H]1CCC1CI. The molecule has 1 rings (SSSR count). The second kappa shape index (κ2) is 3.95. The van der Waals surface area contributed by atoms with E-state index in [0.29, 0.717) is 0 Å². The van der Waals surface area contributed by atoms with Gasteiger partial charge in [0.15, 0.2) is 0 Å². The number of halogens is 1. The van der Waals surface area contributed by atoms with Gasteiger partial charge in [0.25, 0.3) is 0 Å². The molecule has 0 aromatic carbocycles. The molecule has 58 valence electrons. The van der Waals surface area contributed by atoms with Gasteiger partial charge < -0.3 is 5.23 Å². The zero-order valence-electron chi connectivity index (χ0n) is 6.73. The Bertz CT molecular complexity index is 101. The fourth-order valence-electron chi connectivity index (χ4n) is 1.66. The molecule has 0 amide bonds. The molecule has 0 radical (unpaired) electrons. The summed E-state index contributed by atoms with van der Waals surface area (Å²) in [5, 5.41) is 3.33. The molecule has 3 heteroatoms. The Morgan fingerprint density at radius 2 is 2.30 bits per heavy atom. The van der Waals surface area contributed by atoms with E-state index in [4.69, 9.17) is 0 Å².